The zero-order valence-electron chi connectivity index (χ0n) is 12.1. The third-order valence-corrected chi connectivity index (χ3v) is 4.35. The Morgan fingerprint density at radius 1 is 1.13 bits per heavy atom. The van der Waals surface area contributed by atoms with Gasteiger partial charge in [-0.3, -0.25) is 9.78 Å². The molecule has 0 N–H and O–H groups in total. The third kappa shape index (κ3) is 2.55. The molecule has 4 rings (SSSR count). The molecular formula is C19H12BrNO2. The van der Waals surface area contributed by atoms with Crippen LogP contribution >= 0.6 is 15.9 Å². The van der Waals surface area contributed by atoms with Crippen molar-refractivity contribution in [2.45, 2.75) is 0 Å². The minimum absolute atomic E-state index is 0.000448. The predicted octanol–water partition coefficient (Wildman–Crippen LogP) is 4.66. The summed E-state index contributed by atoms with van der Waals surface area (Å²) in [7, 11) is 0. The van der Waals surface area contributed by atoms with Crippen molar-refractivity contribution in [3.8, 4) is 5.75 Å². The number of hydrogen-bond donors (Lipinski definition) is 0. The number of carbonyl (C=O) groups excluding carboxylic acids is 1. The maximum atomic E-state index is 12.7. The monoisotopic (exact) mass is 365 g/mol. The summed E-state index contributed by atoms with van der Waals surface area (Å²) in [5, 5.41) is 1.05. The van der Waals surface area contributed by atoms with E-state index in [0.717, 1.165) is 20.9 Å². The van der Waals surface area contributed by atoms with Crippen molar-refractivity contribution in [2.24, 2.45) is 0 Å². The highest BCUT2D eigenvalue weighted by Crippen LogP contribution is 2.31. The topological polar surface area (TPSA) is 39.2 Å². The Labute approximate surface area is 141 Å². The van der Waals surface area contributed by atoms with E-state index < -0.39 is 0 Å². The molecule has 1 aliphatic heterocycles. The van der Waals surface area contributed by atoms with Gasteiger partial charge in [0.05, 0.1) is 11.1 Å². The van der Waals surface area contributed by atoms with Gasteiger partial charge >= 0.3 is 0 Å². The standard InChI is InChI=1S/C19H12BrNO2/c20-15-6-7-17-16(10-15)19(22)14(11-23-17)9-13-4-1-3-12-5-2-8-21-18(12)13/h1-10H,11H2/b14-9+. The number of hydrogen-bond acceptors (Lipinski definition) is 3. The summed E-state index contributed by atoms with van der Waals surface area (Å²) in [6.07, 6.45) is 3.64. The molecule has 0 aliphatic carbocycles. The molecule has 0 radical (unpaired) electrons. The fourth-order valence-electron chi connectivity index (χ4n) is 2.74. The van der Waals surface area contributed by atoms with E-state index in [9.17, 15) is 4.79 Å². The molecule has 3 nitrogen and oxygen atoms in total. The maximum Gasteiger partial charge on any atom is 0.196 e. The molecule has 112 valence electrons. The maximum absolute atomic E-state index is 12.7. The summed E-state index contributed by atoms with van der Waals surface area (Å²) in [4.78, 5) is 17.1. The summed E-state index contributed by atoms with van der Waals surface area (Å²) in [5.41, 5.74) is 3.03. The van der Waals surface area contributed by atoms with Crippen LogP contribution in [0.3, 0.4) is 0 Å². The zero-order chi connectivity index (χ0) is 15.8. The van der Waals surface area contributed by atoms with Gasteiger partial charge in [-0.15, -0.1) is 0 Å². The highest BCUT2D eigenvalue weighted by molar-refractivity contribution is 9.10. The molecule has 2 heterocycles. The first kappa shape index (κ1) is 14.2. The van der Waals surface area contributed by atoms with E-state index in [1.54, 1.807) is 12.3 Å². The lowest BCUT2D eigenvalue weighted by molar-refractivity contribution is 0.100. The number of para-hydroxylation sites is 1. The molecule has 4 heteroatoms. The van der Waals surface area contributed by atoms with Gasteiger partial charge in [-0.05, 0) is 30.3 Å². The van der Waals surface area contributed by atoms with Crippen LogP contribution in [0.2, 0.25) is 0 Å². The minimum Gasteiger partial charge on any atom is -0.488 e. The average molecular weight is 366 g/mol. The molecule has 3 aromatic rings. The van der Waals surface area contributed by atoms with Gasteiger partial charge in [0, 0.05) is 27.2 Å². The quantitative estimate of drug-likeness (QED) is 0.589. The van der Waals surface area contributed by atoms with E-state index in [4.69, 9.17) is 4.74 Å². The largest absolute Gasteiger partial charge is 0.488 e. The number of ether oxygens (including phenoxy) is 1. The van der Waals surface area contributed by atoms with Crippen molar-refractivity contribution < 1.29 is 9.53 Å². The number of rotatable bonds is 1. The predicted molar refractivity (Wildman–Crippen MR) is 93.7 cm³/mol. The van der Waals surface area contributed by atoms with Gasteiger partial charge in [0.2, 0.25) is 0 Å². The van der Waals surface area contributed by atoms with Crippen molar-refractivity contribution in [2.75, 3.05) is 6.61 Å². The Bertz CT molecular complexity index is 957. The fourth-order valence-corrected chi connectivity index (χ4v) is 3.10. The first-order valence-corrected chi connectivity index (χ1v) is 8.03. The number of ketones is 1. The molecule has 0 spiro atoms. The number of pyridine rings is 1. The lowest BCUT2D eigenvalue weighted by Gasteiger charge is -2.19. The average Bonchev–Trinajstić information content (AvgIpc) is 2.58. The number of Topliss-reactive ketones (excluding diaryl/α,β-unsaturated/α-hetero) is 1. The van der Waals surface area contributed by atoms with Crippen LogP contribution in [-0.2, 0) is 0 Å². The summed E-state index contributed by atoms with van der Waals surface area (Å²) < 4.78 is 6.58. The lowest BCUT2D eigenvalue weighted by Crippen LogP contribution is -2.19. The fraction of sp³-hybridized carbons (Fsp3) is 0.0526. The van der Waals surface area contributed by atoms with Crippen LogP contribution < -0.4 is 4.74 Å². The van der Waals surface area contributed by atoms with Crippen LogP contribution in [0.1, 0.15) is 15.9 Å². The summed E-state index contributed by atoms with van der Waals surface area (Å²) in [6, 6.07) is 15.3. The molecule has 0 atom stereocenters. The second-order valence-electron chi connectivity index (χ2n) is 5.35. The number of halogens is 1. The molecule has 1 aromatic heterocycles. The molecule has 0 saturated heterocycles. The van der Waals surface area contributed by atoms with Crippen molar-refractivity contribution >= 4 is 38.7 Å². The number of benzene rings is 2. The highest BCUT2D eigenvalue weighted by Gasteiger charge is 2.23. The first-order valence-electron chi connectivity index (χ1n) is 7.24. The van der Waals surface area contributed by atoms with E-state index in [2.05, 4.69) is 20.9 Å². The third-order valence-electron chi connectivity index (χ3n) is 3.85. The number of fused-ring (bicyclic) bond motifs is 2. The van der Waals surface area contributed by atoms with Crippen molar-refractivity contribution in [3.63, 3.8) is 0 Å². The molecule has 0 amide bonds. The van der Waals surface area contributed by atoms with Gasteiger partial charge in [0.25, 0.3) is 0 Å². The Morgan fingerprint density at radius 2 is 2.00 bits per heavy atom. The second kappa shape index (κ2) is 5.63. The second-order valence-corrected chi connectivity index (χ2v) is 6.27. The highest BCUT2D eigenvalue weighted by atomic mass is 79.9. The Hall–Kier alpha value is -2.46. The number of aromatic nitrogens is 1. The van der Waals surface area contributed by atoms with E-state index in [1.165, 1.54) is 0 Å². The molecule has 0 bridgehead atoms. The molecule has 0 unspecified atom stereocenters. The van der Waals surface area contributed by atoms with E-state index in [1.807, 2.05) is 48.5 Å². The van der Waals surface area contributed by atoms with E-state index >= 15 is 0 Å². The van der Waals surface area contributed by atoms with Crippen LogP contribution in [0, 0.1) is 0 Å². The SMILES string of the molecule is O=C1/C(=C/c2cccc3cccnc23)COc2ccc(Br)cc21. The van der Waals surface area contributed by atoms with Gasteiger partial charge in [-0.25, -0.2) is 0 Å². The van der Waals surface area contributed by atoms with Crippen LogP contribution in [-0.4, -0.2) is 17.4 Å². The van der Waals surface area contributed by atoms with Gasteiger partial charge in [-0.1, -0.05) is 40.2 Å². The van der Waals surface area contributed by atoms with E-state index in [-0.39, 0.29) is 12.4 Å². The van der Waals surface area contributed by atoms with E-state index in [0.29, 0.717) is 16.9 Å². The van der Waals surface area contributed by atoms with Crippen LogP contribution in [0.5, 0.6) is 5.75 Å². The molecule has 23 heavy (non-hydrogen) atoms. The van der Waals surface area contributed by atoms with Crippen LogP contribution in [0.25, 0.3) is 17.0 Å². The molecule has 1 aliphatic rings. The van der Waals surface area contributed by atoms with Gasteiger partial charge in [0.15, 0.2) is 5.78 Å². The van der Waals surface area contributed by atoms with Crippen LogP contribution in [0.15, 0.2) is 64.8 Å². The van der Waals surface area contributed by atoms with Gasteiger partial charge < -0.3 is 4.74 Å². The Morgan fingerprint density at radius 3 is 2.91 bits per heavy atom. The van der Waals surface area contributed by atoms with Crippen molar-refractivity contribution in [1.82, 2.24) is 4.98 Å². The summed E-state index contributed by atoms with van der Waals surface area (Å²) in [6.45, 7) is 0.274. The van der Waals surface area contributed by atoms with Gasteiger partial charge in [-0.2, -0.15) is 0 Å². The summed E-state index contributed by atoms with van der Waals surface area (Å²) >= 11 is 3.40. The number of nitrogens with zero attached hydrogens (tertiary/aromatic N) is 1. The summed E-state index contributed by atoms with van der Waals surface area (Å²) in [5.74, 6) is 0.631. The lowest BCUT2D eigenvalue weighted by atomic mass is 9.98. The number of carbonyl (C=O) groups is 1. The van der Waals surface area contributed by atoms with Crippen LogP contribution in [0.4, 0.5) is 0 Å². The Balaban J connectivity index is 1.81. The van der Waals surface area contributed by atoms with Crippen molar-refractivity contribution in [3.05, 3.63) is 75.9 Å². The molecule has 0 fully saturated rings. The van der Waals surface area contributed by atoms with Gasteiger partial charge in [0.1, 0.15) is 12.4 Å². The smallest absolute Gasteiger partial charge is 0.196 e. The minimum atomic E-state index is 0.000448. The molecule has 0 saturated carbocycles. The first-order chi connectivity index (χ1) is 11.2. The van der Waals surface area contributed by atoms with Crippen molar-refractivity contribution in [1.29, 1.82) is 0 Å². The normalized spacial score (nSPS) is 15.5. The Kier molecular flexibility index (Phi) is 3.46. The zero-order valence-corrected chi connectivity index (χ0v) is 13.7. The molecular weight excluding hydrogens is 354 g/mol. The molecule has 2 aromatic carbocycles.